The lowest BCUT2D eigenvalue weighted by molar-refractivity contribution is -0.539. The summed E-state index contributed by atoms with van der Waals surface area (Å²) in [4.78, 5) is 10.5. The van der Waals surface area contributed by atoms with E-state index in [1.807, 2.05) is 0 Å². The van der Waals surface area contributed by atoms with Crippen molar-refractivity contribution >= 4 is 11.8 Å². The van der Waals surface area contributed by atoms with Crippen LogP contribution in [-0.2, 0) is 4.79 Å². The standard InChI is InChI=1S/C15H20N2O5/c1-14(2)15(3,4)17(21)13(16(14)20)10-5-7-11(8-6-10)22-9-12(18)19/h5-8,20H,9H2,1-4H3,(H,18,19). The van der Waals surface area contributed by atoms with E-state index >= 15 is 0 Å². The van der Waals surface area contributed by atoms with Gasteiger partial charge in [-0.1, -0.05) is 0 Å². The first-order valence-electron chi connectivity index (χ1n) is 6.87. The number of carbonyl (C=O) groups is 1. The highest BCUT2D eigenvalue weighted by Crippen LogP contribution is 2.37. The second-order valence-electron chi connectivity index (χ2n) is 6.25. The lowest BCUT2D eigenvalue weighted by Gasteiger charge is -2.33. The molecule has 1 aliphatic rings. The lowest BCUT2D eigenvalue weighted by atomic mass is 9.84. The summed E-state index contributed by atoms with van der Waals surface area (Å²) in [5, 5.41) is 32.4. The molecule has 1 aromatic carbocycles. The topological polar surface area (TPSA) is 96.1 Å². The van der Waals surface area contributed by atoms with Crippen molar-refractivity contribution in [3.05, 3.63) is 35.0 Å². The van der Waals surface area contributed by atoms with Gasteiger partial charge in [-0.15, -0.1) is 5.06 Å². The Morgan fingerprint density at radius 3 is 2.23 bits per heavy atom. The molecule has 1 aliphatic heterocycles. The normalized spacial score (nSPS) is 19.4. The first kappa shape index (κ1) is 16.1. The molecule has 7 heteroatoms. The van der Waals surface area contributed by atoms with Gasteiger partial charge >= 0.3 is 11.8 Å². The van der Waals surface area contributed by atoms with E-state index in [1.165, 1.54) is 0 Å². The second-order valence-corrected chi connectivity index (χ2v) is 6.25. The predicted octanol–water partition coefficient (Wildman–Crippen LogP) is 1.67. The minimum atomic E-state index is -1.06. The molecule has 120 valence electrons. The average Bonchev–Trinajstić information content (AvgIpc) is 2.56. The number of carboxylic acid groups (broad SMARTS) is 1. The van der Waals surface area contributed by atoms with Gasteiger partial charge in [0.15, 0.2) is 12.1 Å². The van der Waals surface area contributed by atoms with Crippen molar-refractivity contribution in [2.24, 2.45) is 0 Å². The van der Waals surface area contributed by atoms with Crippen LogP contribution in [0.5, 0.6) is 5.75 Å². The van der Waals surface area contributed by atoms with Crippen molar-refractivity contribution in [2.75, 3.05) is 6.61 Å². The van der Waals surface area contributed by atoms with Gasteiger partial charge in [0, 0.05) is 0 Å². The van der Waals surface area contributed by atoms with Crippen LogP contribution in [0.1, 0.15) is 33.3 Å². The van der Waals surface area contributed by atoms with E-state index in [1.54, 1.807) is 52.0 Å². The Hall–Kier alpha value is -2.28. The minimum Gasteiger partial charge on any atom is -0.714 e. The quantitative estimate of drug-likeness (QED) is 0.649. The van der Waals surface area contributed by atoms with Crippen molar-refractivity contribution < 1.29 is 24.6 Å². The molecule has 1 heterocycles. The minimum absolute atomic E-state index is 0.153. The number of benzene rings is 1. The van der Waals surface area contributed by atoms with Gasteiger partial charge in [-0.2, -0.15) is 0 Å². The van der Waals surface area contributed by atoms with Crippen LogP contribution in [0.3, 0.4) is 0 Å². The van der Waals surface area contributed by atoms with E-state index in [4.69, 9.17) is 9.84 Å². The van der Waals surface area contributed by atoms with Gasteiger partial charge < -0.3 is 15.1 Å². The molecule has 0 radical (unpaired) electrons. The van der Waals surface area contributed by atoms with E-state index < -0.39 is 23.7 Å². The Morgan fingerprint density at radius 1 is 1.27 bits per heavy atom. The maximum absolute atomic E-state index is 12.5. The molecule has 0 amide bonds. The molecule has 2 rings (SSSR count). The van der Waals surface area contributed by atoms with Crippen molar-refractivity contribution in [1.82, 2.24) is 5.06 Å². The number of amidine groups is 1. The summed E-state index contributed by atoms with van der Waals surface area (Å²) in [6.07, 6.45) is 0. The molecule has 0 saturated heterocycles. The molecule has 0 aromatic heterocycles. The van der Waals surface area contributed by atoms with E-state index in [0.29, 0.717) is 11.3 Å². The van der Waals surface area contributed by atoms with Crippen LogP contribution in [-0.4, -0.2) is 49.6 Å². The van der Waals surface area contributed by atoms with Crippen molar-refractivity contribution in [3.8, 4) is 5.75 Å². The molecule has 0 bridgehead atoms. The molecular weight excluding hydrogens is 288 g/mol. The number of rotatable bonds is 4. The monoisotopic (exact) mass is 308 g/mol. The summed E-state index contributed by atoms with van der Waals surface area (Å²) in [5.41, 5.74) is -1.04. The highest BCUT2D eigenvalue weighted by atomic mass is 16.5. The van der Waals surface area contributed by atoms with Gasteiger partial charge in [0.2, 0.25) is 0 Å². The molecule has 0 fully saturated rings. The zero-order valence-corrected chi connectivity index (χ0v) is 13.0. The van der Waals surface area contributed by atoms with E-state index in [9.17, 15) is 15.2 Å². The third-order valence-corrected chi connectivity index (χ3v) is 4.40. The molecule has 1 aromatic rings. The van der Waals surface area contributed by atoms with Crippen LogP contribution in [0.4, 0.5) is 0 Å². The zero-order chi connectivity index (χ0) is 16.7. The van der Waals surface area contributed by atoms with Gasteiger partial charge in [-0.3, -0.25) is 4.74 Å². The average molecular weight is 308 g/mol. The van der Waals surface area contributed by atoms with Crippen LogP contribution >= 0.6 is 0 Å². The highest BCUT2D eigenvalue weighted by Gasteiger charge is 2.58. The first-order chi connectivity index (χ1) is 10.1. The summed E-state index contributed by atoms with van der Waals surface area (Å²) < 4.78 is 5.84. The van der Waals surface area contributed by atoms with Gasteiger partial charge in [0.1, 0.15) is 11.3 Å². The molecule has 0 aliphatic carbocycles. The van der Waals surface area contributed by atoms with Gasteiger partial charge in [0.05, 0.1) is 5.56 Å². The molecule has 22 heavy (non-hydrogen) atoms. The largest absolute Gasteiger partial charge is 0.714 e. The Morgan fingerprint density at radius 2 is 1.82 bits per heavy atom. The molecule has 0 saturated carbocycles. The van der Waals surface area contributed by atoms with Crippen LogP contribution in [0.2, 0.25) is 0 Å². The first-order valence-corrected chi connectivity index (χ1v) is 6.87. The number of hydrogen-bond donors (Lipinski definition) is 2. The molecular formula is C15H20N2O5. The van der Waals surface area contributed by atoms with Crippen LogP contribution in [0.25, 0.3) is 0 Å². The summed E-state index contributed by atoms with van der Waals surface area (Å²) in [5.74, 6) is -0.532. The molecule has 7 nitrogen and oxygen atoms in total. The van der Waals surface area contributed by atoms with Crippen molar-refractivity contribution in [1.29, 1.82) is 0 Å². The van der Waals surface area contributed by atoms with Crippen molar-refractivity contribution in [3.63, 3.8) is 0 Å². The van der Waals surface area contributed by atoms with Gasteiger partial charge in [-0.25, -0.2) is 10.0 Å². The summed E-state index contributed by atoms with van der Waals surface area (Å²) in [7, 11) is 0. The molecule has 0 atom stereocenters. The highest BCUT2D eigenvalue weighted by molar-refractivity contribution is 5.96. The maximum atomic E-state index is 12.5. The molecule has 0 spiro atoms. The number of hydrogen-bond acceptors (Lipinski definition) is 5. The summed E-state index contributed by atoms with van der Waals surface area (Å²) in [6.45, 7) is 6.67. The summed E-state index contributed by atoms with van der Waals surface area (Å²) >= 11 is 0. The van der Waals surface area contributed by atoms with E-state index in [2.05, 4.69) is 0 Å². The molecule has 2 N–H and O–H groups in total. The molecule has 0 unspecified atom stereocenters. The lowest BCUT2D eigenvalue weighted by Crippen LogP contribution is -2.53. The Kier molecular flexibility index (Phi) is 3.78. The third kappa shape index (κ3) is 2.37. The van der Waals surface area contributed by atoms with Crippen molar-refractivity contribution in [2.45, 2.75) is 38.8 Å². The summed E-state index contributed by atoms with van der Waals surface area (Å²) in [6, 6.07) is 6.34. The number of nitrogens with zero attached hydrogens (tertiary/aromatic N) is 2. The Balaban J connectivity index is 2.32. The van der Waals surface area contributed by atoms with Gasteiger partial charge in [-0.05, 0) is 52.0 Å². The number of aliphatic carboxylic acids is 1. The predicted molar refractivity (Wildman–Crippen MR) is 79.1 cm³/mol. The second kappa shape index (κ2) is 5.17. The van der Waals surface area contributed by atoms with Crippen LogP contribution < -0.4 is 4.74 Å². The smallest absolute Gasteiger partial charge is 0.341 e. The zero-order valence-electron chi connectivity index (χ0n) is 13.0. The fourth-order valence-electron chi connectivity index (χ4n) is 2.21. The Labute approximate surface area is 128 Å². The number of ether oxygens (including phenoxy) is 1. The fourth-order valence-corrected chi connectivity index (χ4v) is 2.21. The van der Waals surface area contributed by atoms with E-state index in [-0.39, 0.29) is 5.84 Å². The van der Waals surface area contributed by atoms with Crippen LogP contribution in [0, 0.1) is 5.21 Å². The van der Waals surface area contributed by atoms with E-state index in [0.717, 1.165) is 9.80 Å². The van der Waals surface area contributed by atoms with Gasteiger partial charge in [0.25, 0.3) is 0 Å². The number of hydroxylamine groups is 3. The fraction of sp³-hybridized carbons (Fsp3) is 0.467. The third-order valence-electron chi connectivity index (χ3n) is 4.40. The van der Waals surface area contributed by atoms with Crippen LogP contribution in [0.15, 0.2) is 24.3 Å². The SMILES string of the molecule is CC1(C)N(O)C(c2ccc(OCC(=O)O)cc2)=[N+]([O-])C1(C)C. The maximum Gasteiger partial charge on any atom is 0.341 e. The number of carboxylic acids is 1. The Bertz CT molecular complexity index is 619.